The zero-order valence-corrected chi connectivity index (χ0v) is 18.7. The van der Waals surface area contributed by atoms with E-state index in [4.69, 9.17) is 35.4 Å². The number of hydrogen-bond donors (Lipinski definition) is 3. The first-order valence-corrected chi connectivity index (χ1v) is 10.8. The first-order valence-electron chi connectivity index (χ1n) is 8.84. The van der Waals surface area contributed by atoms with Crippen LogP contribution in [0.2, 0.25) is 10.0 Å². The van der Waals surface area contributed by atoms with Crippen molar-refractivity contribution in [1.29, 1.82) is 0 Å². The highest BCUT2D eigenvalue weighted by molar-refractivity contribution is 7.99. The van der Waals surface area contributed by atoms with E-state index in [1.165, 1.54) is 11.8 Å². The minimum absolute atomic E-state index is 0.136. The van der Waals surface area contributed by atoms with E-state index in [9.17, 15) is 9.90 Å². The molecule has 0 fully saturated rings. The minimum Gasteiger partial charge on any atom is -0.481 e. The number of aliphatic carboxylic acids is 1. The SMILES string of the molecule is O=C(O)CC(NC(=S)Nc1cccnc1Sc1ccc(Cl)cc1)c1ccc(Cl)cc1. The second-order valence-electron chi connectivity index (χ2n) is 6.21. The molecule has 1 atom stereocenters. The van der Waals surface area contributed by atoms with Gasteiger partial charge in [-0.2, -0.15) is 0 Å². The van der Waals surface area contributed by atoms with Crippen molar-refractivity contribution in [2.24, 2.45) is 0 Å². The standard InChI is InChI=1S/C21H17Cl2N3O2S2/c22-14-5-3-13(4-6-14)18(12-19(27)28)26-21(29)25-17-2-1-11-24-20(17)30-16-9-7-15(23)8-10-16/h1-11,18H,12H2,(H,27,28)(H2,25,26,29). The number of thiocarbonyl (C=S) groups is 1. The van der Waals surface area contributed by atoms with Gasteiger partial charge in [-0.1, -0.05) is 47.1 Å². The largest absolute Gasteiger partial charge is 0.481 e. The van der Waals surface area contributed by atoms with Crippen LogP contribution < -0.4 is 10.6 Å². The molecule has 0 radical (unpaired) electrons. The second-order valence-corrected chi connectivity index (χ2v) is 8.56. The highest BCUT2D eigenvalue weighted by Crippen LogP contribution is 2.32. The third kappa shape index (κ3) is 6.60. The van der Waals surface area contributed by atoms with Crippen LogP contribution in [0.15, 0.2) is 76.8 Å². The van der Waals surface area contributed by atoms with Crippen molar-refractivity contribution in [2.45, 2.75) is 22.4 Å². The van der Waals surface area contributed by atoms with Crippen molar-refractivity contribution in [1.82, 2.24) is 10.3 Å². The molecule has 1 aromatic heterocycles. The Labute approximate surface area is 193 Å². The van der Waals surface area contributed by atoms with Crippen molar-refractivity contribution in [3.63, 3.8) is 0 Å². The fourth-order valence-corrected chi connectivity index (χ4v) is 3.96. The van der Waals surface area contributed by atoms with Crippen LogP contribution in [0.3, 0.4) is 0 Å². The normalized spacial score (nSPS) is 11.5. The Morgan fingerprint density at radius 1 is 1.07 bits per heavy atom. The Bertz CT molecular complexity index is 1030. The highest BCUT2D eigenvalue weighted by Gasteiger charge is 2.17. The lowest BCUT2D eigenvalue weighted by molar-refractivity contribution is -0.137. The van der Waals surface area contributed by atoms with Gasteiger partial charge in [0.05, 0.1) is 18.2 Å². The first-order chi connectivity index (χ1) is 14.4. The minimum atomic E-state index is -0.939. The van der Waals surface area contributed by atoms with E-state index in [0.717, 1.165) is 15.5 Å². The Morgan fingerprint density at radius 3 is 2.33 bits per heavy atom. The zero-order valence-electron chi connectivity index (χ0n) is 15.5. The molecule has 2 aromatic carbocycles. The molecule has 0 saturated carbocycles. The zero-order chi connectivity index (χ0) is 21.5. The molecule has 0 saturated heterocycles. The molecular weight excluding hydrogens is 461 g/mol. The van der Waals surface area contributed by atoms with Crippen molar-refractivity contribution >= 4 is 64.0 Å². The summed E-state index contributed by atoms with van der Waals surface area (Å²) in [6, 6.07) is 17.6. The number of halogens is 2. The molecule has 0 aliphatic heterocycles. The fourth-order valence-electron chi connectivity index (χ4n) is 2.62. The predicted octanol–water partition coefficient (Wildman–Crippen LogP) is 6.04. The van der Waals surface area contributed by atoms with Gasteiger partial charge in [0.1, 0.15) is 5.03 Å². The Kier molecular flexibility index (Phi) is 7.93. The van der Waals surface area contributed by atoms with Crippen LogP contribution in [-0.2, 0) is 4.79 Å². The number of benzene rings is 2. The van der Waals surface area contributed by atoms with E-state index in [1.54, 1.807) is 36.5 Å². The third-order valence-corrected chi connectivity index (χ3v) is 5.75. The average molecular weight is 478 g/mol. The molecule has 1 heterocycles. The number of carboxylic acid groups (broad SMARTS) is 1. The summed E-state index contributed by atoms with van der Waals surface area (Å²) < 4.78 is 0. The van der Waals surface area contributed by atoms with Gasteiger partial charge in [-0.3, -0.25) is 4.79 Å². The highest BCUT2D eigenvalue weighted by atomic mass is 35.5. The number of pyridine rings is 1. The summed E-state index contributed by atoms with van der Waals surface area (Å²) in [5, 5.41) is 17.7. The smallest absolute Gasteiger partial charge is 0.305 e. The van der Waals surface area contributed by atoms with E-state index in [0.29, 0.717) is 20.8 Å². The Balaban J connectivity index is 1.73. The van der Waals surface area contributed by atoms with E-state index < -0.39 is 12.0 Å². The summed E-state index contributed by atoms with van der Waals surface area (Å²) in [5.41, 5.74) is 1.48. The molecule has 0 spiro atoms. The molecule has 0 amide bonds. The number of carbonyl (C=O) groups is 1. The third-order valence-electron chi connectivity index (χ3n) is 4.00. The van der Waals surface area contributed by atoms with Crippen LogP contribution in [0.25, 0.3) is 0 Å². The topological polar surface area (TPSA) is 74.2 Å². The Morgan fingerprint density at radius 2 is 1.70 bits per heavy atom. The summed E-state index contributed by atoms with van der Waals surface area (Å²) in [7, 11) is 0. The number of carboxylic acids is 1. The van der Waals surface area contributed by atoms with Crippen molar-refractivity contribution < 1.29 is 9.90 Å². The number of nitrogens with zero attached hydrogens (tertiary/aromatic N) is 1. The summed E-state index contributed by atoms with van der Waals surface area (Å²) in [5.74, 6) is -0.939. The van der Waals surface area contributed by atoms with Crippen molar-refractivity contribution in [3.05, 3.63) is 82.5 Å². The lowest BCUT2D eigenvalue weighted by Gasteiger charge is -2.20. The number of nitrogens with one attached hydrogen (secondary N) is 2. The van der Waals surface area contributed by atoms with Gasteiger partial charge in [0.2, 0.25) is 0 Å². The molecule has 0 aliphatic carbocycles. The molecule has 154 valence electrons. The maximum absolute atomic E-state index is 11.3. The summed E-state index contributed by atoms with van der Waals surface area (Å²) in [6.45, 7) is 0. The van der Waals surface area contributed by atoms with Crippen LogP contribution in [0.5, 0.6) is 0 Å². The second kappa shape index (κ2) is 10.6. The van der Waals surface area contributed by atoms with Crippen LogP contribution in [0.1, 0.15) is 18.0 Å². The van der Waals surface area contributed by atoms with Crippen molar-refractivity contribution in [3.8, 4) is 0 Å². The first kappa shape index (κ1) is 22.4. The molecule has 30 heavy (non-hydrogen) atoms. The number of hydrogen-bond acceptors (Lipinski definition) is 4. The van der Waals surface area contributed by atoms with Crippen molar-refractivity contribution in [2.75, 3.05) is 5.32 Å². The number of rotatable bonds is 7. The molecular formula is C21H17Cl2N3O2S2. The molecule has 3 aromatic rings. The fraction of sp³-hybridized carbons (Fsp3) is 0.0952. The van der Waals surface area contributed by atoms with Gasteiger partial charge in [-0.05, 0) is 66.3 Å². The van der Waals surface area contributed by atoms with Gasteiger partial charge in [0, 0.05) is 21.1 Å². The van der Waals surface area contributed by atoms with E-state index >= 15 is 0 Å². The van der Waals surface area contributed by atoms with Gasteiger partial charge >= 0.3 is 5.97 Å². The number of anilines is 1. The summed E-state index contributed by atoms with van der Waals surface area (Å²) >= 11 is 18.8. The van der Waals surface area contributed by atoms with Crippen LogP contribution in [0.4, 0.5) is 5.69 Å². The van der Waals surface area contributed by atoms with Gasteiger partial charge in [0.15, 0.2) is 5.11 Å². The molecule has 0 aliphatic rings. The van der Waals surface area contributed by atoms with Crippen LogP contribution in [0, 0.1) is 0 Å². The van der Waals surface area contributed by atoms with Crippen LogP contribution >= 0.6 is 47.2 Å². The molecule has 3 rings (SSSR count). The van der Waals surface area contributed by atoms with Gasteiger partial charge in [-0.15, -0.1) is 0 Å². The molecule has 9 heteroatoms. The van der Waals surface area contributed by atoms with Gasteiger partial charge in [-0.25, -0.2) is 4.98 Å². The number of aromatic nitrogens is 1. The van der Waals surface area contributed by atoms with Crippen LogP contribution in [-0.4, -0.2) is 21.2 Å². The lowest BCUT2D eigenvalue weighted by atomic mass is 10.0. The van der Waals surface area contributed by atoms with Gasteiger partial charge in [0.25, 0.3) is 0 Å². The quantitative estimate of drug-likeness (QED) is 0.358. The monoisotopic (exact) mass is 477 g/mol. The molecule has 0 bridgehead atoms. The maximum Gasteiger partial charge on any atom is 0.305 e. The summed E-state index contributed by atoms with van der Waals surface area (Å²) in [6.07, 6.45) is 1.56. The van der Waals surface area contributed by atoms with E-state index in [1.807, 2.05) is 30.3 Å². The molecule has 1 unspecified atom stereocenters. The molecule has 5 nitrogen and oxygen atoms in total. The lowest BCUT2D eigenvalue weighted by Crippen LogP contribution is -2.33. The summed E-state index contributed by atoms with van der Waals surface area (Å²) in [4.78, 5) is 16.7. The van der Waals surface area contributed by atoms with Gasteiger partial charge < -0.3 is 15.7 Å². The predicted molar refractivity (Wildman–Crippen MR) is 126 cm³/mol. The maximum atomic E-state index is 11.3. The van der Waals surface area contributed by atoms with E-state index in [-0.39, 0.29) is 6.42 Å². The average Bonchev–Trinajstić information content (AvgIpc) is 2.71. The van der Waals surface area contributed by atoms with E-state index in [2.05, 4.69) is 15.6 Å². The Hall–Kier alpha value is -2.32. The molecule has 3 N–H and O–H groups in total.